The summed E-state index contributed by atoms with van der Waals surface area (Å²) >= 11 is 0. The van der Waals surface area contributed by atoms with Crippen LogP contribution in [0.15, 0.2) is 18.3 Å². The number of nitrogens with zero attached hydrogens (tertiary/aromatic N) is 3. The van der Waals surface area contributed by atoms with Gasteiger partial charge in [-0.3, -0.25) is 9.59 Å². The van der Waals surface area contributed by atoms with E-state index < -0.39 is 0 Å². The number of hydrogen-bond acceptors (Lipinski definition) is 5. The lowest BCUT2D eigenvalue weighted by atomic mass is 10.1. The molecule has 1 atom stereocenters. The Bertz CT molecular complexity index is 622. The lowest BCUT2D eigenvalue weighted by Crippen LogP contribution is -2.46. The SMILES string of the molecule is Nc1cc(CCC2CN(C(=O)CCN3CCCC3=O)CCO2)ccn1. The van der Waals surface area contributed by atoms with E-state index in [-0.39, 0.29) is 17.9 Å². The number of carbonyl (C=O) groups is 2. The first-order valence-corrected chi connectivity index (χ1v) is 8.99. The van der Waals surface area contributed by atoms with Gasteiger partial charge in [0.15, 0.2) is 0 Å². The molecular weight excluding hydrogens is 320 g/mol. The zero-order chi connectivity index (χ0) is 17.6. The fourth-order valence-electron chi connectivity index (χ4n) is 3.43. The van der Waals surface area contributed by atoms with Crippen LogP contribution in [0.1, 0.15) is 31.2 Å². The van der Waals surface area contributed by atoms with Crippen molar-refractivity contribution in [1.29, 1.82) is 0 Å². The van der Waals surface area contributed by atoms with E-state index in [1.807, 2.05) is 17.0 Å². The van der Waals surface area contributed by atoms with Gasteiger partial charge in [-0.1, -0.05) is 0 Å². The van der Waals surface area contributed by atoms with E-state index >= 15 is 0 Å². The maximum atomic E-state index is 12.4. The molecular formula is C18H26N4O3. The predicted octanol–water partition coefficient (Wildman–Crippen LogP) is 0.836. The van der Waals surface area contributed by atoms with Crippen LogP contribution in [0, 0.1) is 0 Å². The number of aromatic nitrogens is 1. The first kappa shape index (κ1) is 17.7. The molecule has 2 saturated heterocycles. The molecule has 0 bridgehead atoms. The molecule has 2 fully saturated rings. The molecule has 0 saturated carbocycles. The zero-order valence-electron chi connectivity index (χ0n) is 14.5. The van der Waals surface area contributed by atoms with Gasteiger partial charge in [0.05, 0.1) is 12.7 Å². The number of likely N-dealkylation sites (tertiary alicyclic amines) is 1. The van der Waals surface area contributed by atoms with Crippen molar-refractivity contribution in [2.75, 3.05) is 38.5 Å². The van der Waals surface area contributed by atoms with Crippen LogP contribution in [0.4, 0.5) is 5.82 Å². The summed E-state index contributed by atoms with van der Waals surface area (Å²) in [4.78, 5) is 31.7. The second-order valence-corrected chi connectivity index (χ2v) is 6.69. The highest BCUT2D eigenvalue weighted by Crippen LogP contribution is 2.15. The van der Waals surface area contributed by atoms with Crippen LogP contribution in [0.25, 0.3) is 0 Å². The van der Waals surface area contributed by atoms with Crippen LogP contribution in [0.3, 0.4) is 0 Å². The molecule has 0 radical (unpaired) electrons. The van der Waals surface area contributed by atoms with E-state index in [0.29, 0.717) is 44.9 Å². The monoisotopic (exact) mass is 346 g/mol. The van der Waals surface area contributed by atoms with Gasteiger partial charge < -0.3 is 20.3 Å². The van der Waals surface area contributed by atoms with E-state index in [9.17, 15) is 9.59 Å². The molecule has 2 amide bonds. The molecule has 1 aromatic heterocycles. The molecule has 7 heteroatoms. The van der Waals surface area contributed by atoms with Gasteiger partial charge in [-0.2, -0.15) is 0 Å². The minimum Gasteiger partial charge on any atom is -0.384 e. The topological polar surface area (TPSA) is 88.8 Å². The Hall–Kier alpha value is -2.15. The first-order chi connectivity index (χ1) is 12.1. The van der Waals surface area contributed by atoms with Crippen LogP contribution in [-0.2, 0) is 20.7 Å². The lowest BCUT2D eigenvalue weighted by Gasteiger charge is -2.33. The number of carbonyl (C=O) groups excluding carboxylic acids is 2. The molecule has 25 heavy (non-hydrogen) atoms. The Morgan fingerprint density at radius 2 is 2.28 bits per heavy atom. The summed E-state index contributed by atoms with van der Waals surface area (Å²) in [5, 5.41) is 0. The fraction of sp³-hybridized carbons (Fsp3) is 0.611. The number of aryl methyl sites for hydroxylation is 1. The molecule has 136 valence electrons. The third kappa shape index (κ3) is 4.92. The van der Waals surface area contributed by atoms with Gasteiger partial charge in [0.2, 0.25) is 11.8 Å². The van der Waals surface area contributed by atoms with Crippen molar-refractivity contribution in [1.82, 2.24) is 14.8 Å². The summed E-state index contributed by atoms with van der Waals surface area (Å²) in [5.74, 6) is 0.806. The Kier molecular flexibility index (Phi) is 5.86. The molecule has 0 spiro atoms. The summed E-state index contributed by atoms with van der Waals surface area (Å²) in [7, 11) is 0. The minimum atomic E-state index is 0.0421. The van der Waals surface area contributed by atoms with E-state index in [2.05, 4.69) is 4.98 Å². The molecule has 3 rings (SSSR count). The molecule has 3 heterocycles. The standard InChI is InChI=1S/C18H26N4O3/c19-16-12-14(5-7-20-16)3-4-15-13-22(10-11-25-15)18(24)6-9-21-8-1-2-17(21)23/h5,7,12,15H,1-4,6,8-11,13H2,(H2,19,20). The number of morpholine rings is 1. The van der Waals surface area contributed by atoms with Crippen molar-refractivity contribution in [3.05, 3.63) is 23.9 Å². The van der Waals surface area contributed by atoms with E-state index in [1.165, 1.54) is 0 Å². The van der Waals surface area contributed by atoms with E-state index in [4.69, 9.17) is 10.5 Å². The van der Waals surface area contributed by atoms with Crippen molar-refractivity contribution in [2.24, 2.45) is 0 Å². The summed E-state index contributed by atoms with van der Waals surface area (Å²) in [6.45, 7) is 3.14. The Morgan fingerprint density at radius 1 is 1.40 bits per heavy atom. The van der Waals surface area contributed by atoms with Crippen molar-refractivity contribution >= 4 is 17.6 Å². The predicted molar refractivity (Wildman–Crippen MR) is 93.7 cm³/mol. The van der Waals surface area contributed by atoms with Gasteiger partial charge in [-0.05, 0) is 37.0 Å². The van der Waals surface area contributed by atoms with Gasteiger partial charge in [0, 0.05) is 45.2 Å². The van der Waals surface area contributed by atoms with Crippen LogP contribution in [0.2, 0.25) is 0 Å². The number of rotatable bonds is 6. The lowest BCUT2D eigenvalue weighted by molar-refractivity contribution is -0.139. The van der Waals surface area contributed by atoms with Gasteiger partial charge in [0.25, 0.3) is 0 Å². The molecule has 7 nitrogen and oxygen atoms in total. The normalized spacial score (nSPS) is 21.0. The highest BCUT2D eigenvalue weighted by molar-refractivity contribution is 5.80. The van der Waals surface area contributed by atoms with Crippen molar-refractivity contribution in [3.8, 4) is 0 Å². The van der Waals surface area contributed by atoms with Gasteiger partial charge in [-0.15, -0.1) is 0 Å². The molecule has 0 aliphatic carbocycles. The van der Waals surface area contributed by atoms with E-state index in [1.54, 1.807) is 11.1 Å². The number of nitrogens with two attached hydrogens (primary N) is 1. The third-order valence-electron chi connectivity index (χ3n) is 4.86. The highest BCUT2D eigenvalue weighted by atomic mass is 16.5. The third-order valence-corrected chi connectivity index (χ3v) is 4.86. The molecule has 1 aromatic rings. The number of ether oxygens (including phenoxy) is 1. The number of pyridine rings is 1. The molecule has 0 aromatic carbocycles. The minimum absolute atomic E-state index is 0.0421. The van der Waals surface area contributed by atoms with Crippen LogP contribution < -0.4 is 5.73 Å². The van der Waals surface area contributed by atoms with Crippen molar-refractivity contribution in [3.63, 3.8) is 0 Å². The Balaban J connectivity index is 1.43. The van der Waals surface area contributed by atoms with Crippen LogP contribution in [0.5, 0.6) is 0 Å². The maximum Gasteiger partial charge on any atom is 0.224 e. The van der Waals surface area contributed by atoms with Gasteiger partial charge >= 0.3 is 0 Å². The molecule has 1 unspecified atom stereocenters. The summed E-state index contributed by atoms with van der Waals surface area (Å²) < 4.78 is 5.80. The van der Waals surface area contributed by atoms with Crippen molar-refractivity contribution < 1.29 is 14.3 Å². The molecule has 2 N–H and O–H groups in total. The fourth-order valence-corrected chi connectivity index (χ4v) is 3.43. The summed E-state index contributed by atoms with van der Waals surface area (Å²) in [6, 6.07) is 3.83. The van der Waals surface area contributed by atoms with Crippen molar-refractivity contribution in [2.45, 2.75) is 38.2 Å². The van der Waals surface area contributed by atoms with E-state index in [0.717, 1.165) is 31.4 Å². The number of hydrogen-bond donors (Lipinski definition) is 1. The van der Waals surface area contributed by atoms with Crippen LogP contribution in [-0.4, -0.2) is 65.5 Å². The number of amides is 2. The average Bonchev–Trinajstić information content (AvgIpc) is 3.03. The average molecular weight is 346 g/mol. The maximum absolute atomic E-state index is 12.4. The number of nitrogen functional groups attached to an aromatic ring is 1. The van der Waals surface area contributed by atoms with Gasteiger partial charge in [-0.25, -0.2) is 4.98 Å². The number of anilines is 1. The second-order valence-electron chi connectivity index (χ2n) is 6.69. The second kappa shape index (κ2) is 8.29. The van der Waals surface area contributed by atoms with Crippen LogP contribution >= 0.6 is 0 Å². The molecule has 2 aliphatic rings. The first-order valence-electron chi connectivity index (χ1n) is 8.99. The molecule has 2 aliphatic heterocycles. The summed E-state index contributed by atoms with van der Waals surface area (Å²) in [6.07, 6.45) is 5.38. The largest absolute Gasteiger partial charge is 0.384 e. The Labute approximate surface area is 148 Å². The zero-order valence-corrected chi connectivity index (χ0v) is 14.5. The quantitative estimate of drug-likeness (QED) is 0.824. The Morgan fingerprint density at radius 3 is 3.04 bits per heavy atom. The summed E-state index contributed by atoms with van der Waals surface area (Å²) in [5.41, 5.74) is 6.83. The smallest absolute Gasteiger partial charge is 0.224 e. The van der Waals surface area contributed by atoms with Gasteiger partial charge in [0.1, 0.15) is 5.82 Å². The highest BCUT2D eigenvalue weighted by Gasteiger charge is 2.26.